The highest BCUT2D eigenvalue weighted by atomic mass is 127. The van der Waals surface area contributed by atoms with Crippen molar-refractivity contribution in [3.05, 3.63) is 16.1 Å². The van der Waals surface area contributed by atoms with Gasteiger partial charge in [0.1, 0.15) is 5.01 Å². The predicted molar refractivity (Wildman–Crippen MR) is 123 cm³/mol. The normalized spacial score (nSPS) is 27.8. The lowest BCUT2D eigenvalue weighted by Gasteiger charge is -2.31. The van der Waals surface area contributed by atoms with E-state index in [9.17, 15) is 8.42 Å². The molecule has 1 aromatic rings. The fourth-order valence-electron chi connectivity index (χ4n) is 3.75. The molecule has 2 aliphatic rings. The third-order valence-corrected chi connectivity index (χ3v) is 8.15. The molecule has 154 valence electrons. The molecule has 1 saturated heterocycles. The summed E-state index contributed by atoms with van der Waals surface area (Å²) in [5, 5.41) is 10.0. The van der Waals surface area contributed by atoms with Gasteiger partial charge in [0.05, 0.1) is 18.1 Å². The maximum absolute atomic E-state index is 11.7. The quantitative estimate of drug-likeness (QED) is 0.350. The number of hydrogen-bond acceptors (Lipinski definition) is 5. The Morgan fingerprint density at radius 2 is 2.11 bits per heavy atom. The molecule has 2 heterocycles. The van der Waals surface area contributed by atoms with Crippen LogP contribution < -0.4 is 10.6 Å². The third kappa shape index (κ3) is 7.16. The van der Waals surface area contributed by atoms with Crippen molar-refractivity contribution in [3.63, 3.8) is 0 Å². The summed E-state index contributed by atoms with van der Waals surface area (Å²) in [4.78, 5) is 9.20. The number of guanidine groups is 1. The van der Waals surface area contributed by atoms with Crippen LogP contribution in [0.2, 0.25) is 0 Å². The van der Waals surface area contributed by atoms with Gasteiger partial charge in [-0.25, -0.2) is 18.4 Å². The van der Waals surface area contributed by atoms with Crippen LogP contribution in [0, 0.1) is 18.8 Å². The Labute approximate surface area is 184 Å². The van der Waals surface area contributed by atoms with E-state index in [1.165, 1.54) is 19.3 Å². The van der Waals surface area contributed by atoms with E-state index >= 15 is 0 Å². The molecule has 3 atom stereocenters. The highest BCUT2D eigenvalue weighted by Crippen LogP contribution is 2.24. The number of hydrogen-bond donors (Lipinski definition) is 2. The standard InChI is InChI=1S/C18H30N4O2S2.HI/c1-13-5-3-4-6-16(13)22-18(20-10-17-21-14(2)11-25-17)19-9-15-7-8-26(23,24)12-15;/h11,13,15-16H,3-10,12H2,1-2H3,(H2,19,20,22);1H. The van der Waals surface area contributed by atoms with Crippen LogP contribution in [0.15, 0.2) is 10.4 Å². The molecule has 1 saturated carbocycles. The smallest absolute Gasteiger partial charge is 0.191 e. The number of rotatable bonds is 5. The van der Waals surface area contributed by atoms with Crippen molar-refractivity contribution in [2.75, 3.05) is 18.1 Å². The molecule has 3 rings (SSSR count). The van der Waals surface area contributed by atoms with Crippen molar-refractivity contribution in [2.45, 2.75) is 58.5 Å². The molecule has 6 nitrogen and oxygen atoms in total. The minimum Gasteiger partial charge on any atom is -0.356 e. The molecule has 2 fully saturated rings. The maximum atomic E-state index is 11.7. The predicted octanol–water partition coefficient (Wildman–Crippen LogP) is 3.12. The molecule has 0 bridgehead atoms. The van der Waals surface area contributed by atoms with Crippen LogP contribution in [-0.2, 0) is 16.4 Å². The van der Waals surface area contributed by atoms with Gasteiger partial charge in [-0.15, -0.1) is 35.3 Å². The zero-order valence-electron chi connectivity index (χ0n) is 16.1. The zero-order chi connectivity index (χ0) is 18.6. The van der Waals surface area contributed by atoms with Crippen LogP contribution in [0.5, 0.6) is 0 Å². The van der Waals surface area contributed by atoms with E-state index in [4.69, 9.17) is 4.99 Å². The minimum absolute atomic E-state index is 0. The SMILES string of the molecule is Cc1csc(CN=C(NCC2CCS(=O)(=O)C2)NC2CCCCC2C)n1.I. The number of aromatic nitrogens is 1. The summed E-state index contributed by atoms with van der Waals surface area (Å²) in [5.41, 5.74) is 1.03. The second-order valence-corrected chi connectivity index (χ2v) is 10.9. The summed E-state index contributed by atoms with van der Waals surface area (Å²) in [7, 11) is -2.84. The van der Waals surface area contributed by atoms with E-state index < -0.39 is 9.84 Å². The number of sulfone groups is 1. The Morgan fingerprint density at radius 1 is 1.33 bits per heavy atom. The summed E-state index contributed by atoms with van der Waals surface area (Å²) in [6, 6.07) is 0.431. The topological polar surface area (TPSA) is 83.5 Å². The van der Waals surface area contributed by atoms with E-state index in [0.29, 0.717) is 36.6 Å². The zero-order valence-corrected chi connectivity index (χ0v) is 20.1. The largest absolute Gasteiger partial charge is 0.356 e. The maximum Gasteiger partial charge on any atom is 0.191 e. The molecule has 0 radical (unpaired) electrons. The summed E-state index contributed by atoms with van der Waals surface area (Å²) in [6.07, 6.45) is 5.71. The Balaban J connectivity index is 0.00000261. The fourth-order valence-corrected chi connectivity index (χ4v) is 6.31. The first-order chi connectivity index (χ1) is 12.4. The first-order valence-corrected chi connectivity index (χ1v) is 12.3. The van der Waals surface area contributed by atoms with Gasteiger partial charge in [0.15, 0.2) is 15.8 Å². The van der Waals surface area contributed by atoms with Crippen molar-refractivity contribution in [3.8, 4) is 0 Å². The molecule has 2 N–H and O–H groups in total. The monoisotopic (exact) mass is 526 g/mol. The number of nitrogens with one attached hydrogen (secondary N) is 2. The average Bonchev–Trinajstić information content (AvgIpc) is 3.17. The molecule has 1 aromatic heterocycles. The Hall–Kier alpha value is -0.420. The highest BCUT2D eigenvalue weighted by molar-refractivity contribution is 14.0. The van der Waals surface area contributed by atoms with E-state index in [2.05, 4.69) is 22.5 Å². The molecule has 27 heavy (non-hydrogen) atoms. The van der Waals surface area contributed by atoms with Crippen molar-refractivity contribution < 1.29 is 8.42 Å². The third-order valence-electron chi connectivity index (χ3n) is 5.36. The van der Waals surface area contributed by atoms with Crippen LogP contribution in [0.3, 0.4) is 0 Å². The molecule has 0 amide bonds. The Kier molecular flexibility index (Phi) is 8.79. The number of nitrogens with zero attached hydrogens (tertiary/aromatic N) is 2. The lowest BCUT2D eigenvalue weighted by atomic mass is 9.86. The number of aryl methyl sites for hydroxylation is 1. The van der Waals surface area contributed by atoms with Gasteiger partial charge in [0.25, 0.3) is 0 Å². The summed E-state index contributed by atoms with van der Waals surface area (Å²) >= 11 is 1.63. The Bertz CT molecular complexity index is 735. The van der Waals surface area contributed by atoms with Gasteiger partial charge in [0, 0.05) is 23.7 Å². The van der Waals surface area contributed by atoms with Gasteiger partial charge in [-0.3, -0.25) is 0 Å². The van der Waals surface area contributed by atoms with Gasteiger partial charge in [-0.2, -0.15) is 0 Å². The van der Waals surface area contributed by atoms with Gasteiger partial charge in [-0.05, 0) is 38.0 Å². The van der Waals surface area contributed by atoms with E-state index in [-0.39, 0.29) is 29.9 Å². The van der Waals surface area contributed by atoms with Crippen molar-refractivity contribution in [1.29, 1.82) is 0 Å². The van der Waals surface area contributed by atoms with Gasteiger partial charge >= 0.3 is 0 Å². The molecule has 3 unspecified atom stereocenters. The first kappa shape index (κ1) is 22.9. The molecule has 9 heteroatoms. The van der Waals surface area contributed by atoms with E-state index in [1.807, 2.05) is 12.3 Å². The summed E-state index contributed by atoms with van der Waals surface area (Å²) < 4.78 is 23.4. The molecule has 0 aromatic carbocycles. The highest BCUT2D eigenvalue weighted by Gasteiger charge is 2.28. The van der Waals surface area contributed by atoms with Gasteiger partial charge < -0.3 is 10.6 Å². The average molecular weight is 527 g/mol. The minimum atomic E-state index is -2.84. The van der Waals surface area contributed by atoms with Crippen LogP contribution in [0.4, 0.5) is 0 Å². The van der Waals surface area contributed by atoms with Crippen molar-refractivity contribution in [2.24, 2.45) is 16.8 Å². The van der Waals surface area contributed by atoms with Crippen LogP contribution in [-0.4, -0.2) is 43.5 Å². The van der Waals surface area contributed by atoms with Crippen LogP contribution in [0.1, 0.15) is 49.7 Å². The number of thiazole rings is 1. The van der Waals surface area contributed by atoms with Crippen LogP contribution >= 0.6 is 35.3 Å². The summed E-state index contributed by atoms with van der Waals surface area (Å²) in [5.74, 6) is 2.21. The second kappa shape index (κ2) is 10.4. The van der Waals surface area contributed by atoms with E-state index in [0.717, 1.165) is 29.5 Å². The van der Waals surface area contributed by atoms with Gasteiger partial charge in [-0.1, -0.05) is 19.8 Å². The molecule has 0 spiro atoms. The van der Waals surface area contributed by atoms with Gasteiger partial charge in [0.2, 0.25) is 0 Å². The van der Waals surface area contributed by atoms with Crippen molar-refractivity contribution >= 4 is 51.1 Å². The Morgan fingerprint density at radius 3 is 2.74 bits per heavy atom. The van der Waals surface area contributed by atoms with Crippen LogP contribution in [0.25, 0.3) is 0 Å². The fraction of sp³-hybridized carbons (Fsp3) is 0.778. The molecule has 1 aliphatic carbocycles. The molecule has 1 aliphatic heterocycles. The van der Waals surface area contributed by atoms with E-state index in [1.54, 1.807) is 11.3 Å². The molecular weight excluding hydrogens is 495 g/mol. The van der Waals surface area contributed by atoms with Crippen molar-refractivity contribution in [1.82, 2.24) is 15.6 Å². The summed E-state index contributed by atoms with van der Waals surface area (Å²) in [6.45, 7) is 5.49. The lowest BCUT2D eigenvalue weighted by Crippen LogP contribution is -2.48. The molecular formula is C18H31IN4O2S2. The second-order valence-electron chi connectivity index (χ2n) is 7.71. The number of aliphatic imine (C=N–C) groups is 1. The lowest BCUT2D eigenvalue weighted by molar-refractivity contribution is 0.306. The first-order valence-electron chi connectivity index (χ1n) is 9.57. The number of halogens is 1.